The van der Waals surface area contributed by atoms with Crippen LogP contribution in [0, 0.1) is 5.82 Å². The third-order valence-corrected chi connectivity index (χ3v) is 3.50. The maximum absolute atomic E-state index is 13.6. The fourth-order valence-electron chi connectivity index (χ4n) is 1.87. The Morgan fingerprint density at radius 2 is 1.81 bits per heavy atom. The molecule has 106 valence electrons. The second-order valence-corrected chi connectivity index (χ2v) is 5.08. The molecule has 1 heterocycles. The number of hydrogen-bond donors (Lipinski definition) is 1. The Bertz CT molecular complexity index is 772. The number of halogens is 3. The van der Waals surface area contributed by atoms with Crippen molar-refractivity contribution in [1.82, 2.24) is 10.2 Å². The van der Waals surface area contributed by atoms with Crippen LogP contribution in [0.5, 0.6) is 11.5 Å². The van der Waals surface area contributed by atoms with Crippen LogP contribution in [0.25, 0.3) is 11.3 Å². The highest BCUT2D eigenvalue weighted by Gasteiger charge is 2.15. The van der Waals surface area contributed by atoms with Crippen molar-refractivity contribution in [1.29, 1.82) is 0 Å². The van der Waals surface area contributed by atoms with E-state index in [2.05, 4.69) is 10.2 Å². The van der Waals surface area contributed by atoms with Crippen molar-refractivity contribution in [2.45, 2.75) is 0 Å². The molecule has 21 heavy (non-hydrogen) atoms. The molecule has 0 bridgehead atoms. The number of ether oxygens (including phenoxy) is 1. The van der Waals surface area contributed by atoms with Crippen LogP contribution in [0.3, 0.4) is 0 Å². The largest absolute Gasteiger partial charge is 0.453 e. The zero-order chi connectivity index (χ0) is 14.8. The lowest BCUT2D eigenvalue weighted by Crippen LogP contribution is -1.88. The third-order valence-electron chi connectivity index (χ3n) is 2.87. The molecule has 3 aromatic rings. The SMILES string of the molecule is Fc1cccc(-c2[nH]ncc2Oc2ccc(Cl)cc2)c1Cl. The van der Waals surface area contributed by atoms with E-state index in [1.165, 1.54) is 12.3 Å². The van der Waals surface area contributed by atoms with Crippen molar-refractivity contribution in [3.8, 4) is 22.8 Å². The van der Waals surface area contributed by atoms with Crippen molar-refractivity contribution in [3.63, 3.8) is 0 Å². The summed E-state index contributed by atoms with van der Waals surface area (Å²) in [6, 6.07) is 11.4. The number of hydrogen-bond acceptors (Lipinski definition) is 2. The molecule has 0 amide bonds. The fraction of sp³-hybridized carbons (Fsp3) is 0. The molecule has 0 aliphatic carbocycles. The van der Waals surface area contributed by atoms with Gasteiger partial charge in [0, 0.05) is 10.6 Å². The number of aromatic amines is 1. The zero-order valence-electron chi connectivity index (χ0n) is 10.6. The second-order valence-electron chi connectivity index (χ2n) is 4.27. The topological polar surface area (TPSA) is 37.9 Å². The number of rotatable bonds is 3. The Hall–Kier alpha value is -2.04. The summed E-state index contributed by atoms with van der Waals surface area (Å²) in [7, 11) is 0. The molecule has 2 aromatic carbocycles. The first kappa shape index (κ1) is 13.9. The lowest BCUT2D eigenvalue weighted by atomic mass is 10.1. The van der Waals surface area contributed by atoms with E-state index >= 15 is 0 Å². The van der Waals surface area contributed by atoms with E-state index in [9.17, 15) is 4.39 Å². The Kier molecular flexibility index (Phi) is 3.82. The summed E-state index contributed by atoms with van der Waals surface area (Å²) in [5.41, 5.74) is 0.993. The summed E-state index contributed by atoms with van der Waals surface area (Å²) in [5.74, 6) is 0.542. The lowest BCUT2D eigenvalue weighted by molar-refractivity contribution is 0.484. The van der Waals surface area contributed by atoms with Gasteiger partial charge in [0.2, 0.25) is 0 Å². The minimum absolute atomic E-state index is 0.0164. The normalized spacial score (nSPS) is 10.6. The molecule has 6 heteroatoms. The van der Waals surface area contributed by atoms with E-state index in [1.54, 1.807) is 36.4 Å². The first-order valence-corrected chi connectivity index (χ1v) is 6.82. The van der Waals surface area contributed by atoms with Gasteiger partial charge in [0.25, 0.3) is 0 Å². The Balaban J connectivity index is 1.97. The van der Waals surface area contributed by atoms with Gasteiger partial charge in [-0.15, -0.1) is 0 Å². The summed E-state index contributed by atoms with van der Waals surface area (Å²) < 4.78 is 19.3. The molecule has 0 radical (unpaired) electrons. The molecule has 0 saturated carbocycles. The maximum Gasteiger partial charge on any atom is 0.173 e. The van der Waals surface area contributed by atoms with Gasteiger partial charge in [-0.3, -0.25) is 5.10 Å². The Morgan fingerprint density at radius 1 is 1.05 bits per heavy atom. The number of H-pyrrole nitrogens is 1. The zero-order valence-corrected chi connectivity index (χ0v) is 12.1. The van der Waals surface area contributed by atoms with Crippen LogP contribution in [0.2, 0.25) is 10.0 Å². The molecular weight excluding hydrogens is 314 g/mol. The van der Waals surface area contributed by atoms with Crippen LogP contribution < -0.4 is 4.74 Å². The van der Waals surface area contributed by atoms with Crippen molar-refractivity contribution < 1.29 is 9.13 Å². The standard InChI is InChI=1S/C15H9Cl2FN2O/c16-9-4-6-10(7-5-9)21-13-8-19-20-15(13)11-2-1-3-12(18)14(11)17/h1-8H,(H,19,20). The van der Waals surface area contributed by atoms with Gasteiger partial charge in [-0.05, 0) is 30.3 Å². The monoisotopic (exact) mass is 322 g/mol. The number of benzene rings is 2. The molecule has 0 spiro atoms. The summed E-state index contributed by atoms with van der Waals surface area (Å²) >= 11 is 11.8. The van der Waals surface area contributed by atoms with Gasteiger partial charge < -0.3 is 4.74 Å². The summed E-state index contributed by atoms with van der Waals surface area (Å²) in [4.78, 5) is 0. The van der Waals surface area contributed by atoms with E-state index in [0.29, 0.717) is 27.8 Å². The summed E-state index contributed by atoms with van der Waals surface area (Å²) in [6.07, 6.45) is 1.51. The molecule has 0 unspecified atom stereocenters. The van der Waals surface area contributed by atoms with Crippen LogP contribution in [0.15, 0.2) is 48.7 Å². The molecule has 0 aliphatic rings. The molecule has 1 N–H and O–H groups in total. The molecule has 0 aliphatic heterocycles. The van der Waals surface area contributed by atoms with Gasteiger partial charge in [-0.2, -0.15) is 5.10 Å². The smallest absolute Gasteiger partial charge is 0.173 e. The highest BCUT2D eigenvalue weighted by Crippen LogP contribution is 2.36. The van der Waals surface area contributed by atoms with Crippen molar-refractivity contribution in [2.75, 3.05) is 0 Å². The van der Waals surface area contributed by atoms with E-state index < -0.39 is 5.82 Å². The molecule has 3 nitrogen and oxygen atoms in total. The van der Waals surface area contributed by atoms with Gasteiger partial charge in [-0.1, -0.05) is 35.3 Å². The van der Waals surface area contributed by atoms with Crippen molar-refractivity contribution in [2.24, 2.45) is 0 Å². The molecular formula is C15H9Cl2FN2O. The second kappa shape index (κ2) is 5.76. The van der Waals surface area contributed by atoms with E-state index in [1.807, 2.05) is 0 Å². The Labute approximate surface area is 130 Å². The van der Waals surface area contributed by atoms with Gasteiger partial charge >= 0.3 is 0 Å². The average Bonchev–Trinajstić information content (AvgIpc) is 2.92. The van der Waals surface area contributed by atoms with Crippen molar-refractivity contribution >= 4 is 23.2 Å². The number of aromatic nitrogens is 2. The molecule has 1 aromatic heterocycles. The van der Waals surface area contributed by atoms with Gasteiger partial charge in [0.1, 0.15) is 17.3 Å². The molecule has 0 saturated heterocycles. The maximum atomic E-state index is 13.6. The van der Waals surface area contributed by atoms with Crippen LogP contribution >= 0.6 is 23.2 Å². The van der Waals surface area contributed by atoms with Crippen LogP contribution in [0.1, 0.15) is 0 Å². The van der Waals surface area contributed by atoms with Crippen LogP contribution in [0.4, 0.5) is 4.39 Å². The van der Waals surface area contributed by atoms with E-state index in [0.717, 1.165) is 0 Å². The summed E-state index contributed by atoms with van der Waals surface area (Å²) in [6.45, 7) is 0. The van der Waals surface area contributed by atoms with Crippen molar-refractivity contribution in [3.05, 3.63) is 64.5 Å². The van der Waals surface area contributed by atoms with E-state index in [4.69, 9.17) is 27.9 Å². The van der Waals surface area contributed by atoms with Gasteiger partial charge in [-0.25, -0.2) is 4.39 Å². The molecule has 3 rings (SSSR count). The fourth-order valence-corrected chi connectivity index (χ4v) is 2.22. The predicted octanol–water partition coefficient (Wildman–Crippen LogP) is 5.31. The highest BCUT2D eigenvalue weighted by molar-refractivity contribution is 6.33. The highest BCUT2D eigenvalue weighted by atomic mass is 35.5. The molecule has 0 atom stereocenters. The first-order valence-electron chi connectivity index (χ1n) is 6.06. The lowest BCUT2D eigenvalue weighted by Gasteiger charge is -2.08. The van der Waals surface area contributed by atoms with Crippen LogP contribution in [-0.4, -0.2) is 10.2 Å². The minimum Gasteiger partial charge on any atom is -0.453 e. The van der Waals surface area contributed by atoms with E-state index in [-0.39, 0.29) is 5.02 Å². The first-order chi connectivity index (χ1) is 10.1. The van der Waals surface area contributed by atoms with Gasteiger partial charge in [0.05, 0.1) is 11.2 Å². The molecule has 0 fully saturated rings. The number of nitrogens with one attached hydrogen (secondary N) is 1. The predicted molar refractivity (Wildman–Crippen MR) is 80.5 cm³/mol. The minimum atomic E-state index is -0.499. The Morgan fingerprint density at radius 3 is 2.57 bits per heavy atom. The van der Waals surface area contributed by atoms with Gasteiger partial charge in [0.15, 0.2) is 5.75 Å². The third kappa shape index (κ3) is 2.86. The summed E-state index contributed by atoms with van der Waals surface area (Å²) in [5, 5.41) is 7.33. The number of nitrogens with zero attached hydrogens (tertiary/aromatic N) is 1. The van der Waals surface area contributed by atoms with Crippen LogP contribution in [-0.2, 0) is 0 Å². The average molecular weight is 323 g/mol. The quantitative estimate of drug-likeness (QED) is 0.709.